The third-order valence-electron chi connectivity index (χ3n) is 4.14. The van der Waals surface area contributed by atoms with E-state index in [4.69, 9.17) is 9.15 Å². The molecule has 1 aliphatic rings. The average Bonchev–Trinajstić information content (AvgIpc) is 3.16. The van der Waals surface area contributed by atoms with Crippen molar-refractivity contribution in [3.63, 3.8) is 0 Å². The molecule has 6 nitrogen and oxygen atoms in total. The molecule has 0 radical (unpaired) electrons. The molecule has 0 aliphatic carbocycles. The predicted molar refractivity (Wildman–Crippen MR) is 87.9 cm³/mol. The van der Waals surface area contributed by atoms with E-state index in [1.54, 1.807) is 29.0 Å². The molecule has 1 aromatic carbocycles. The van der Waals surface area contributed by atoms with Gasteiger partial charge in [0.05, 0.1) is 19.8 Å². The third kappa shape index (κ3) is 3.59. The van der Waals surface area contributed by atoms with Crippen LogP contribution in [0.15, 0.2) is 47.1 Å². The summed E-state index contributed by atoms with van der Waals surface area (Å²) < 4.78 is 10.3. The summed E-state index contributed by atoms with van der Waals surface area (Å²) in [5.41, 5.74) is 0.924. The number of hydrogen-bond donors (Lipinski definition) is 0. The minimum Gasteiger partial charge on any atom is -0.497 e. The van der Waals surface area contributed by atoms with E-state index in [0.29, 0.717) is 38.4 Å². The van der Waals surface area contributed by atoms with Gasteiger partial charge in [-0.2, -0.15) is 0 Å². The number of nitrogens with zero attached hydrogens (tertiary/aromatic N) is 2. The van der Waals surface area contributed by atoms with Gasteiger partial charge in [-0.1, -0.05) is 12.1 Å². The normalized spacial score (nSPS) is 14.5. The van der Waals surface area contributed by atoms with Crippen LogP contribution in [0.2, 0.25) is 0 Å². The van der Waals surface area contributed by atoms with Gasteiger partial charge in [-0.25, -0.2) is 0 Å². The van der Waals surface area contributed by atoms with Crippen molar-refractivity contribution in [2.24, 2.45) is 0 Å². The van der Waals surface area contributed by atoms with Crippen LogP contribution in [0.25, 0.3) is 0 Å². The molecule has 126 valence electrons. The second kappa shape index (κ2) is 7.21. The lowest BCUT2D eigenvalue weighted by Crippen LogP contribution is -2.50. The number of carbonyl (C=O) groups excluding carboxylic acids is 2. The number of furan rings is 1. The van der Waals surface area contributed by atoms with Crippen LogP contribution in [0.4, 0.5) is 0 Å². The number of piperazine rings is 1. The largest absolute Gasteiger partial charge is 0.497 e. The molecule has 0 atom stereocenters. The zero-order valence-corrected chi connectivity index (χ0v) is 13.6. The fraction of sp³-hybridized carbons (Fsp3) is 0.333. The Bertz CT molecular complexity index is 704. The first-order chi connectivity index (χ1) is 11.7. The van der Waals surface area contributed by atoms with E-state index in [0.717, 1.165) is 11.3 Å². The van der Waals surface area contributed by atoms with Crippen LogP contribution >= 0.6 is 0 Å². The quantitative estimate of drug-likeness (QED) is 0.859. The summed E-state index contributed by atoms with van der Waals surface area (Å²) in [6.07, 6.45) is 1.82. The van der Waals surface area contributed by atoms with Gasteiger partial charge in [0, 0.05) is 26.2 Å². The highest BCUT2D eigenvalue weighted by molar-refractivity contribution is 5.91. The molecule has 1 aliphatic heterocycles. The van der Waals surface area contributed by atoms with Gasteiger partial charge in [0.15, 0.2) is 5.76 Å². The molecule has 0 saturated carbocycles. The lowest BCUT2D eigenvalue weighted by atomic mass is 10.1. The summed E-state index contributed by atoms with van der Waals surface area (Å²) in [6, 6.07) is 10.9. The highest BCUT2D eigenvalue weighted by Crippen LogP contribution is 2.15. The van der Waals surface area contributed by atoms with Gasteiger partial charge in [0.1, 0.15) is 5.75 Å². The molecule has 0 bridgehead atoms. The maximum atomic E-state index is 12.4. The molecule has 2 amide bonds. The van der Waals surface area contributed by atoms with Crippen molar-refractivity contribution < 1.29 is 18.7 Å². The Balaban J connectivity index is 1.54. The summed E-state index contributed by atoms with van der Waals surface area (Å²) in [6.45, 7) is 2.11. The average molecular weight is 328 g/mol. The summed E-state index contributed by atoms with van der Waals surface area (Å²) in [7, 11) is 1.61. The zero-order valence-electron chi connectivity index (χ0n) is 13.6. The number of methoxy groups -OCH3 is 1. The zero-order chi connectivity index (χ0) is 16.9. The Morgan fingerprint density at radius 2 is 1.83 bits per heavy atom. The monoisotopic (exact) mass is 328 g/mol. The molecule has 24 heavy (non-hydrogen) atoms. The maximum Gasteiger partial charge on any atom is 0.289 e. The number of rotatable bonds is 4. The minimum atomic E-state index is -0.125. The van der Waals surface area contributed by atoms with Crippen molar-refractivity contribution in [1.82, 2.24) is 9.80 Å². The first kappa shape index (κ1) is 16.1. The van der Waals surface area contributed by atoms with Crippen molar-refractivity contribution in [1.29, 1.82) is 0 Å². The van der Waals surface area contributed by atoms with Gasteiger partial charge >= 0.3 is 0 Å². The Morgan fingerprint density at radius 3 is 2.50 bits per heavy atom. The lowest BCUT2D eigenvalue weighted by molar-refractivity contribution is -0.131. The highest BCUT2D eigenvalue weighted by Gasteiger charge is 2.25. The van der Waals surface area contributed by atoms with Gasteiger partial charge < -0.3 is 19.0 Å². The Hall–Kier alpha value is -2.76. The molecule has 0 spiro atoms. The highest BCUT2D eigenvalue weighted by atomic mass is 16.5. The van der Waals surface area contributed by atoms with Gasteiger partial charge in [-0.05, 0) is 29.8 Å². The number of hydrogen-bond acceptors (Lipinski definition) is 4. The molecule has 6 heteroatoms. The Morgan fingerprint density at radius 1 is 1.08 bits per heavy atom. The van der Waals surface area contributed by atoms with Crippen LogP contribution in [-0.4, -0.2) is 54.9 Å². The molecule has 1 fully saturated rings. The van der Waals surface area contributed by atoms with Gasteiger partial charge in [-0.3, -0.25) is 9.59 Å². The smallest absolute Gasteiger partial charge is 0.289 e. The molecule has 0 unspecified atom stereocenters. The van der Waals surface area contributed by atoms with E-state index < -0.39 is 0 Å². The van der Waals surface area contributed by atoms with Crippen molar-refractivity contribution in [2.45, 2.75) is 6.42 Å². The number of amides is 2. The van der Waals surface area contributed by atoms with Crippen molar-refractivity contribution in [3.05, 3.63) is 54.0 Å². The standard InChI is InChI=1S/C18H20N2O4/c1-23-15-5-2-4-14(12-15)13-17(21)19-7-9-20(10-8-19)18(22)16-6-3-11-24-16/h2-6,11-12H,7-10,13H2,1H3. The topological polar surface area (TPSA) is 63.0 Å². The van der Waals surface area contributed by atoms with Gasteiger partial charge in [-0.15, -0.1) is 0 Å². The van der Waals surface area contributed by atoms with Crippen LogP contribution in [0, 0.1) is 0 Å². The first-order valence-corrected chi connectivity index (χ1v) is 7.91. The molecule has 2 aromatic rings. The molecule has 3 rings (SSSR count). The van der Waals surface area contributed by atoms with E-state index >= 15 is 0 Å². The third-order valence-corrected chi connectivity index (χ3v) is 4.14. The summed E-state index contributed by atoms with van der Waals surface area (Å²) in [5, 5.41) is 0. The van der Waals surface area contributed by atoms with Crippen molar-refractivity contribution in [2.75, 3.05) is 33.3 Å². The number of ether oxygens (including phenoxy) is 1. The van der Waals surface area contributed by atoms with Crippen molar-refractivity contribution >= 4 is 11.8 Å². The molecule has 0 N–H and O–H groups in total. The van der Waals surface area contributed by atoms with E-state index in [1.165, 1.54) is 6.26 Å². The van der Waals surface area contributed by atoms with Crippen molar-refractivity contribution in [3.8, 4) is 5.75 Å². The lowest BCUT2D eigenvalue weighted by Gasteiger charge is -2.34. The summed E-state index contributed by atoms with van der Waals surface area (Å²) in [5.74, 6) is 1.02. The van der Waals surface area contributed by atoms with E-state index in [-0.39, 0.29) is 11.8 Å². The van der Waals surface area contributed by atoms with Crippen LogP contribution in [-0.2, 0) is 11.2 Å². The molecular formula is C18H20N2O4. The van der Waals surface area contributed by atoms with Crippen LogP contribution in [0.3, 0.4) is 0 Å². The number of benzene rings is 1. The maximum absolute atomic E-state index is 12.4. The van der Waals surface area contributed by atoms with Gasteiger partial charge in [0.2, 0.25) is 5.91 Å². The van der Waals surface area contributed by atoms with E-state index in [2.05, 4.69) is 0 Å². The second-order valence-electron chi connectivity index (χ2n) is 5.68. The van der Waals surface area contributed by atoms with Crippen LogP contribution in [0.1, 0.15) is 16.1 Å². The predicted octanol–water partition coefficient (Wildman–Crippen LogP) is 1.82. The molecule has 2 heterocycles. The number of carbonyl (C=O) groups is 2. The summed E-state index contributed by atoms with van der Waals surface area (Å²) >= 11 is 0. The van der Waals surface area contributed by atoms with Gasteiger partial charge in [0.25, 0.3) is 5.91 Å². The van der Waals surface area contributed by atoms with E-state index in [1.807, 2.05) is 24.3 Å². The minimum absolute atomic E-state index is 0.0633. The summed E-state index contributed by atoms with van der Waals surface area (Å²) in [4.78, 5) is 28.2. The molecular weight excluding hydrogens is 308 g/mol. The Labute approximate surface area is 140 Å². The SMILES string of the molecule is COc1cccc(CC(=O)N2CCN(C(=O)c3ccco3)CC2)c1. The second-order valence-corrected chi connectivity index (χ2v) is 5.68. The fourth-order valence-corrected chi connectivity index (χ4v) is 2.78. The fourth-order valence-electron chi connectivity index (χ4n) is 2.78. The van der Waals surface area contributed by atoms with Crippen LogP contribution in [0.5, 0.6) is 5.75 Å². The van der Waals surface area contributed by atoms with E-state index in [9.17, 15) is 9.59 Å². The molecule has 1 aromatic heterocycles. The molecule has 1 saturated heterocycles. The van der Waals surface area contributed by atoms with Crippen LogP contribution < -0.4 is 4.74 Å². The first-order valence-electron chi connectivity index (χ1n) is 7.91. The Kier molecular flexibility index (Phi) is 4.84.